The highest BCUT2D eigenvalue weighted by atomic mass is 19.1. The summed E-state index contributed by atoms with van der Waals surface area (Å²) in [6.07, 6.45) is 0. The maximum absolute atomic E-state index is 12.8. The lowest BCUT2D eigenvalue weighted by Crippen LogP contribution is -2.26. The fourth-order valence-corrected chi connectivity index (χ4v) is 1.64. The number of nitrogens with zero attached hydrogens (tertiary/aromatic N) is 2. The van der Waals surface area contributed by atoms with E-state index in [4.69, 9.17) is 0 Å². The molecular formula is C15H17FN4O. The standard InChI is InChI=1S/C15H17FN4O/c1-15(2,3)18-13-9-8-12(19-20-13)17-14(21)10-4-6-11(16)7-5-10/h4-9H,1-3H3,(H,18,20)(H,17,19,21). The zero-order chi connectivity index (χ0) is 15.5. The quantitative estimate of drug-likeness (QED) is 0.911. The minimum atomic E-state index is -0.385. The van der Waals surface area contributed by atoms with Crippen molar-refractivity contribution in [1.82, 2.24) is 10.2 Å². The van der Waals surface area contributed by atoms with Crippen molar-refractivity contribution >= 4 is 17.5 Å². The van der Waals surface area contributed by atoms with Crippen molar-refractivity contribution in [2.24, 2.45) is 0 Å². The Bertz CT molecular complexity index is 618. The van der Waals surface area contributed by atoms with Crippen LogP contribution in [0.15, 0.2) is 36.4 Å². The van der Waals surface area contributed by atoms with E-state index < -0.39 is 0 Å². The summed E-state index contributed by atoms with van der Waals surface area (Å²) in [4.78, 5) is 11.9. The first-order valence-corrected chi connectivity index (χ1v) is 6.52. The van der Waals surface area contributed by atoms with Crippen LogP contribution in [0.1, 0.15) is 31.1 Å². The second kappa shape index (κ2) is 5.87. The van der Waals surface area contributed by atoms with Gasteiger partial charge >= 0.3 is 0 Å². The van der Waals surface area contributed by atoms with Gasteiger partial charge in [0.15, 0.2) is 5.82 Å². The highest BCUT2D eigenvalue weighted by Gasteiger charge is 2.11. The third kappa shape index (κ3) is 4.52. The molecule has 1 aromatic carbocycles. The molecule has 2 aromatic rings. The average Bonchev–Trinajstić information content (AvgIpc) is 2.40. The van der Waals surface area contributed by atoms with Gasteiger partial charge in [-0.1, -0.05) is 0 Å². The van der Waals surface area contributed by atoms with Gasteiger partial charge in [0.05, 0.1) is 0 Å². The molecule has 0 atom stereocenters. The van der Waals surface area contributed by atoms with Crippen molar-refractivity contribution in [1.29, 1.82) is 0 Å². The van der Waals surface area contributed by atoms with Crippen LogP contribution >= 0.6 is 0 Å². The third-order valence-electron chi connectivity index (χ3n) is 2.52. The molecule has 0 bridgehead atoms. The van der Waals surface area contributed by atoms with Crippen molar-refractivity contribution in [3.63, 3.8) is 0 Å². The SMILES string of the molecule is CC(C)(C)Nc1ccc(NC(=O)c2ccc(F)cc2)nn1. The number of rotatable bonds is 3. The van der Waals surface area contributed by atoms with Gasteiger partial charge in [-0.15, -0.1) is 10.2 Å². The van der Waals surface area contributed by atoms with Crippen LogP contribution in [-0.4, -0.2) is 21.6 Å². The van der Waals surface area contributed by atoms with Crippen LogP contribution in [0.5, 0.6) is 0 Å². The van der Waals surface area contributed by atoms with Crippen LogP contribution in [0.25, 0.3) is 0 Å². The van der Waals surface area contributed by atoms with Gasteiger partial charge in [-0.3, -0.25) is 4.79 Å². The second-order valence-electron chi connectivity index (χ2n) is 5.64. The van der Waals surface area contributed by atoms with E-state index in [1.165, 1.54) is 24.3 Å². The Kier molecular flexibility index (Phi) is 4.16. The molecule has 0 aliphatic heterocycles. The molecule has 1 heterocycles. The first-order chi connectivity index (χ1) is 9.83. The second-order valence-corrected chi connectivity index (χ2v) is 5.64. The van der Waals surface area contributed by atoms with Gasteiger partial charge in [-0.25, -0.2) is 4.39 Å². The number of hydrogen-bond acceptors (Lipinski definition) is 4. The largest absolute Gasteiger partial charge is 0.364 e. The lowest BCUT2D eigenvalue weighted by Gasteiger charge is -2.20. The van der Waals surface area contributed by atoms with E-state index in [1.54, 1.807) is 12.1 Å². The summed E-state index contributed by atoms with van der Waals surface area (Å²) in [5.74, 6) is 0.218. The topological polar surface area (TPSA) is 66.9 Å². The molecule has 110 valence electrons. The summed E-state index contributed by atoms with van der Waals surface area (Å²) in [6.45, 7) is 6.04. The molecule has 0 radical (unpaired) electrons. The monoisotopic (exact) mass is 288 g/mol. The molecule has 2 rings (SSSR count). The number of amides is 1. The maximum Gasteiger partial charge on any atom is 0.256 e. The highest BCUT2D eigenvalue weighted by molar-refractivity contribution is 6.03. The number of hydrogen-bond donors (Lipinski definition) is 2. The van der Waals surface area contributed by atoms with E-state index in [1.807, 2.05) is 20.8 Å². The summed E-state index contributed by atoms with van der Waals surface area (Å²) in [7, 11) is 0. The van der Waals surface area contributed by atoms with E-state index in [2.05, 4.69) is 20.8 Å². The zero-order valence-corrected chi connectivity index (χ0v) is 12.1. The molecule has 5 nitrogen and oxygen atoms in total. The summed E-state index contributed by atoms with van der Waals surface area (Å²) in [6, 6.07) is 8.68. The van der Waals surface area contributed by atoms with Crippen LogP contribution in [0.3, 0.4) is 0 Å². The van der Waals surface area contributed by atoms with Crippen LogP contribution in [-0.2, 0) is 0 Å². The van der Waals surface area contributed by atoms with Gasteiger partial charge in [-0.2, -0.15) is 0 Å². The molecule has 2 N–H and O–H groups in total. The maximum atomic E-state index is 12.8. The normalized spacial score (nSPS) is 11.0. The Morgan fingerprint density at radius 1 is 1.00 bits per heavy atom. The first kappa shape index (κ1) is 14.9. The minimum Gasteiger partial charge on any atom is -0.364 e. The first-order valence-electron chi connectivity index (χ1n) is 6.52. The Morgan fingerprint density at radius 3 is 2.10 bits per heavy atom. The molecule has 0 fully saturated rings. The number of nitrogens with one attached hydrogen (secondary N) is 2. The molecule has 0 saturated carbocycles. The van der Waals surface area contributed by atoms with Gasteiger partial charge in [0.1, 0.15) is 11.6 Å². The van der Waals surface area contributed by atoms with E-state index in [0.717, 1.165) is 0 Å². The van der Waals surface area contributed by atoms with Crippen molar-refractivity contribution in [2.75, 3.05) is 10.6 Å². The summed E-state index contributed by atoms with van der Waals surface area (Å²) in [5, 5.41) is 13.7. The number of anilines is 2. The molecular weight excluding hydrogens is 271 g/mol. The molecule has 0 aliphatic carbocycles. The van der Waals surface area contributed by atoms with Gasteiger partial charge in [0, 0.05) is 11.1 Å². The number of benzene rings is 1. The molecule has 0 spiro atoms. The Balaban J connectivity index is 2.03. The number of aromatic nitrogens is 2. The fraction of sp³-hybridized carbons (Fsp3) is 0.267. The predicted octanol–water partition coefficient (Wildman–Crippen LogP) is 3.08. The number of carbonyl (C=O) groups excluding carboxylic acids is 1. The predicted molar refractivity (Wildman–Crippen MR) is 79.8 cm³/mol. The molecule has 0 aliphatic rings. The zero-order valence-electron chi connectivity index (χ0n) is 12.1. The van der Waals surface area contributed by atoms with E-state index in [9.17, 15) is 9.18 Å². The molecule has 6 heteroatoms. The van der Waals surface area contributed by atoms with Crippen molar-refractivity contribution in [3.05, 3.63) is 47.8 Å². The van der Waals surface area contributed by atoms with Gasteiger partial charge in [0.2, 0.25) is 0 Å². The molecule has 0 unspecified atom stereocenters. The number of carbonyl (C=O) groups is 1. The van der Waals surface area contributed by atoms with Crippen LogP contribution < -0.4 is 10.6 Å². The van der Waals surface area contributed by atoms with Gasteiger partial charge in [-0.05, 0) is 57.2 Å². The van der Waals surface area contributed by atoms with Crippen molar-refractivity contribution < 1.29 is 9.18 Å². The lowest BCUT2D eigenvalue weighted by molar-refractivity contribution is 0.102. The van der Waals surface area contributed by atoms with Gasteiger partial charge in [0.25, 0.3) is 5.91 Å². The third-order valence-corrected chi connectivity index (χ3v) is 2.52. The number of halogens is 1. The minimum absolute atomic E-state index is 0.118. The Labute approximate surface area is 122 Å². The lowest BCUT2D eigenvalue weighted by atomic mass is 10.1. The molecule has 1 aromatic heterocycles. The molecule has 1 amide bonds. The smallest absolute Gasteiger partial charge is 0.256 e. The Morgan fingerprint density at radius 2 is 1.57 bits per heavy atom. The summed E-state index contributed by atoms with van der Waals surface area (Å²) in [5.41, 5.74) is 0.239. The Hall–Kier alpha value is -2.50. The summed E-state index contributed by atoms with van der Waals surface area (Å²) >= 11 is 0. The average molecular weight is 288 g/mol. The van der Waals surface area contributed by atoms with Crippen molar-refractivity contribution in [2.45, 2.75) is 26.3 Å². The summed E-state index contributed by atoms with van der Waals surface area (Å²) < 4.78 is 12.8. The van der Waals surface area contributed by atoms with Crippen LogP contribution in [0, 0.1) is 5.82 Å². The van der Waals surface area contributed by atoms with E-state index >= 15 is 0 Å². The van der Waals surface area contributed by atoms with Crippen LogP contribution in [0.4, 0.5) is 16.0 Å². The molecule has 0 saturated heterocycles. The van der Waals surface area contributed by atoms with Gasteiger partial charge < -0.3 is 10.6 Å². The van der Waals surface area contributed by atoms with E-state index in [0.29, 0.717) is 17.2 Å². The highest BCUT2D eigenvalue weighted by Crippen LogP contribution is 2.13. The molecule has 21 heavy (non-hydrogen) atoms. The van der Waals surface area contributed by atoms with Crippen molar-refractivity contribution in [3.8, 4) is 0 Å². The fourth-order valence-electron chi connectivity index (χ4n) is 1.64. The van der Waals surface area contributed by atoms with Crippen LogP contribution in [0.2, 0.25) is 0 Å². The van der Waals surface area contributed by atoms with E-state index in [-0.39, 0.29) is 17.3 Å².